The average molecular weight is 284 g/mol. The van der Waals surface area contributed by atoms with E-state index in [1.165, 1.54) is 0 Å². The van der Waals surface area contributed by atoms with Gasteiger partial charge in [-0.2, -0.15) is 0 Å². The van der Waals surface area contributed by atoms with E-state index >= 15 is 0 Å². The van der Waals surface area contributed by atoms with E-state index in [9.17, 15) is 0 Å². The maximum absolute atomic E-state index is 6.03. The molecule has 0 saturated heterocycles. The van der Waals surface area contributed by atoms with E-state index in [2.05, 4.69) is 33.0 Å². The molecule has 0 unspecified atom stereocenters. The lowest BCUT2D eigenvalue weighted by atomic mass is 9.94. The SMILES string of the molecule is Cc1cc(Cl)cc(C)c1OCC(C)(C)CNC(C)C. The van der Waals surface area contributed by atoms with Crippen LogP contribution < -0.4 is 10.1 Å². The molecule has 0 fully saturated rings. The first-order valence-electron chi connectivity index (χ1n) is 6.84. The Hall–Kier alpha value is -0.730. The first kappa shape index (κ1) is 16.3. The number of aryl methyl sites for hydroxylation is 2. The Bertz CT molecular complexity index is 404. The van der Waals surface area contributed by atoms with Crippen molar-refractivity contribution in [3.05, 3.63) is 28.3 Å². The molecule has 2 nitrogen and oxygen atoms in total. The van der Waals surface area contributed by atoms with Crippen molar-refractivity contribution in [1.29, 1.82) is 0 Å². The predicted molar refractivity (Wildman–Crippen MR) is 83.3 cm³/mol. The van der Waals surface area contributed by atoms with Gasteiger partial charge in [0.2, 0.25) is 0 Å². The second-order valence-corrected chi connectivity index (χ2v) is 6.79. The highest BCUT2D eigenvalue weighted by Crippen LogP contribution is 2.28. The van der Waals surface area contributed by atoms with Crippen molar-refractivity contribution in [3.8, 4) is 5.75 Å². The van der Waals surface area contributed by atoms with Gasteiger partial charge in [-0.1, -0.05) is 39.3 Å². The first-order valence-corrected chi connectivity index (χ1v) is 7.22. The summed E-state index contributed by atoms with van der Waals surface area (Å²) in [6.45, 7) is 14.4. The Balaban J connectivity index is 2.66. The molecule has 1 N–H and O–H groups in total. The summed E-state index contributed by atoms with van der Waals surface area (Å²) in [7, 11) is 0. The molecule has 0 radical (unpaired) electrons. The fraction of sp³-hybridized carbons (Fsp3) is 0.625. The third-order valence-electron chi connectivity index (χ3n) is 3.02. The van der Waals surface area contributed by atoms with E-state index in [1.54, 1.807) is 0 Å². The Morgan fingerprint density at radius 2 is 1.74 bits per heavy atom. The standard InChI is InChI=1S/C16H26ClNO/c1-11(2)18-9-16(5,6)10-19-15-12(3)7-14(17)8-13(15)4/h7-8,11,18H,9-10H2,1-6H3. The lowest BCUT2D eigenvalue weighted by Crippen LogP contribution is -2.37. The molecule has 0 amide bonds. The smallest absolute Gasteiger partial charge is 0.125 e. The molecule has 0 bridgehead atoms. The molecule has 0 saturated carbocycles. The van der Waals surface area contributed by atoms with Gasteiger partial charge in [0, 0.05) is 23.0 Å². The van der Waals surface area contributed by atoms with Crippen molar-refractivity contribution >= 4 is 11.6 Å². The summed E-state index contributed by atoms with van der Waals surface area (Å²) in [5, 5.41) is 4.23. The second-order valence-electron chi connectivity index (χ2n) is 6.36. The number of hydrogen-bond donors (Lipinski definition) is 1. The van der Waals surface area contributed by atoms with Crippen LogP contribution in [0.25, 0.3) is 0 Å². The van der Waals surface area contributed by atoms with Gasteiger partial charge in [0.15, 0.2) is 0 Å². The maximum atomic E-state index is 6.03. The van der Waals surface area contributed by atoms with E-state index in [-0.39, 0.29) is 5.41 Å². The highest BCUT2D eigenvalue weighted by Gasteiger charge is 2.20. The van der Waals surface area contributed by atoms with E-state index < -0.39 is 0 Å². The topological polar surface area (TPSA) is 21.3 Å². The third-order valence-corrected chi connectivity index (χ3v) is 3.24. The first-order chi connectivity index (χ1) is 8.71. The number of ether oxygens (including phenoxy) is 1. The van der Waals surface area contributed by atoms with Gasteiger partial charge in [0.25, 0.3) is 0 Å². The minimum absolute atomic E-state index is 0.1000. The molecule has 0 aromatic heterocycles. The molecular formula is C16H26ClNO. The highest BCUT2D eigenvalue weighted by molar-refractivity contribution is 6.30. The number of hydrogen-bond acceptors (Lipinski definition) is 2. The Morgan fingerprint density at radius 1 is 1.21 bits per heavy atom. The zero-order valence-electron chi connectivity index (χ0n) is 12.9. The molecule has 1 aromatic rings. The van der Waals surface area contributed by atoms with Crippen LogP contribution in [-0.2, 0) is 0 Å². The summed E-state index contributed by atoms with van der Waals surface area (Å²) in [4.78, 5) is 0. The molecule has 0 aliphatic rings. The lowest BCUT2D eigenvalue weighted by Gasteiger charge is -2.27. The van der Waals surface area contributed by atoms with Crippen LogP contribution in [0.5, 0.6) is 5.75 Å². The molecule has 0 aliphatic heterocycles. The second kappa shape index (κ2) is 6.62. The average Bonchev–Trinajstić information content (AvgIpc) is 2.25. The number of benzene rings is 1. The summed E-state index contributed by atoms with van der Waals surface area (Å²) in [5.41, 5.74) is 2.29. The Morgan fingerprint density at radius 3 is 2.21 bits per heavy atom. The molecule has 108 valence electrons. The maximum Gasteiger partial charge on any atom is 0.125 e. The van der Waals surface area contributed by atoms with Crippen LogP contribution in [0.2, 0.25) is 5.02 Å². The van der Waals surface area contributed by atoms with E-state index in [0.29, 0.717) is 12.6 Å². The van der Waals surface area contributed by atoms with E-state index in [1.807, 2.05) is 26.0 Å². The van der Waals surface area contributed by atoms with E-state index in [0.717, 1.165) is 28.4 Å². The zero-order chi connectivity index (χ0) is 14.6. The molecule has 19 heavy (non-hydrogen) atoms. The van der Waals surface area contributed by atoms with Crippen LogP contribution in [0.15, 0.2) is 12.1 Å². The van der Waals surface area contributed by atoms with Gasteiger partial charge in [-0.15, -0.1) is 0 Å². The van der Waals surface area contributed by atoms with E-state index in [4.69, 9.17) is 16.3 Å². The lowest BCUT2D eigenvalue weighted by molar-refractivity contribution is 0.172. The summed E-state index contributed by atoms with van der Waals surface area (Å²) < 4.78 is 6.02. The Labute approximate surface area is 122 Å². The van der Waals surface area contributed by atoms with Crippen molar-refractivity contribution in [2.75, 3.05) is 13.2 Å². The summed E-state index contributed by atoms with van der Waals surface area (Å²) >= 11 is 6.03. The molecule has 0 heterocycles. The summed E-state index contributed by atoms with van der Waals surface area (Å²) in [5.74, 6) is 0.960. The van der Waals surface area contributed by atoms with Crippen LogP contribution in [0, 0.1) is 19.3 Å². The van der Waals surface area contributed by atoms with Crippen molar-refractivity contribution in [1.82, 2.24) is 5.32 Å². The number of halogens is 1. The van der Waals surface area contributed by atoms with Gasteiger partial charge in [-0.3, -0.25) is 0 Å². The minimum atomic E-state index is 0.1000. The normalized spacial score (nSPS) is 12.0. The van der Waals surface area contributed by atoms with Gasteiger partial charge in [-0.25, -0.2) is 0 Å². The van der Waals surface area contributed by atoms with Gasteiger partial charge < -0.3 is 10.1 Å². The monoisotopic (exact) mass is 283 g/mol. The highest BCUT2D eigenvalue weighted by atomic mass is 35.5. The zero-order valence-corrected chi connectivity index (χ0v) is 13.7. The van der Waals surface area contributed by atoms with Crippen molar-refractivity contribution in [2.45, 2.75) is 47.6 Å². The van der Waals surface area contributed by atoms with Crippen LogP contribution >= 0.6 is 11.6 Å². The summed E-state index contributed by atoms with van der Waals surface area (Å²) in [6, 6.07) is 4.39. The molecule has 0 atom stereocenters. The third kappa shape index (κ3) is 5.42. The molecular weight excluding hydrogens is 258 g/mol. The molecule has 1 aromatic carbocycles. The molecule has 3 heteroatoms. The van der Waals surface area contributed by atoms with Gasteiger partial charge in [0.1, 0.15) is 5.75 Å². The van der Waals surface area contributed by atoms with Crippen LogP contribution in [0.3, 0.4) is 0 Å². The molecule has 0 aliphatic carbocycles. The largest absolute Gasteiger partial charge is 0.492 e. The fourth-order valence-electron chi connectivity index (χ4n) is 1.92. The molecule has 1 rings (SSSR count). The van der Waals surface area contributed by atoms with Crippen LogP contribution in [-0.4, -0.2) is 19.2 Å². The molecule has 0 spiro atoms. The van der Waals surface area contributed by atoms with Gasteiger partial charge in [-0.05, 0) is 37.1 Å². The predicted octanol–water partition coefficient (Wildman–Crippen LogP) is 4.36. The van der Waals surface area contributed by atoms with Crippen LogP contribution in [0.1, 0.15) is 38.8 Å². The number of nitrogens with one attached hydrogen (secondary N) is 1. The minimum Gasteiger partial charge on any atom is -0.492 e. The summed E-state index contributed by atoms with van der Waals surface area (Å²) in [6.07, 6.45) is 0. The Kier molecular flexibility index (Phi) is 5.69. The van der Waals surface area contributed by atoms with Gasteiger partial charge >= 0.3 is 0 Å². The van der Waals surface area contributed by atoms with Gasteiger partial charge in [0.05, 0.1) is 6.61 Å². The fourth-order valence-corrected chi connectivity index (χ4v) is 2.25. The van der Waals surface area contributed by atoms with Crippen molar-refractivity contribution in [2.24, 2.45) is 5.41 Å². The van der Waals surface area contributed by atoms with Crippen molar-refractivity contribution in [3.63, 3.8) is 0 Å². The van der Waals surface area contributed by atoms with Crippen LogP contribution in [0.4, 0.5) is 0 Å². The number of rotatable bonds is 6. The quantitative estimate of drug-likeness (QED) is 0.837. The van der Waals surface area contributed by atoms with Crippen molar-refractivity contribution < 1.29 is 4.74 Å².